The second-order valence-corrected chi connectivity index (χ2v) is 6.94. The first-order valence-electron chi connectivity index (χ1n) is 7.92. The zero-order chi connectivity index (χ0) is 16.9. The normalized spacial score (nSPS) is 16.4. The van der Waals surface area contributed by atoms with Crippen molar-refractivity contribution >= 4 is 20.8 Å². The SMILES string of the molecule is CC.O=c1[nH]ccc2c(S(=O)(=O)N3CCCNCC3)cccc12. The minimum Gasteiger partial charge on any atom is -0.329 e. The van der Waals surface area contributed by atoms with Crippen LogP contribution in [0.2, 0.25) is 0 Å². The molecule has 6 nitrogen and oxygen atoms in total. The number of benzene rings is 1. The molecule has 0 spiro atoms. The maximum Gasteiger partial charge on any atom is 0.255 e. The van der Waals surface area contributed by atoms with E-state index in [1.165, 1.54) is 10.5 Å². The number of aromatic nitrogens is 1. The smallest absolute Gasteiger partial charge is 0.255 e. The molecule has 2 heterocycles. The van der Waals surface area contributed by atoms with Crippen molar-refractivity contribution in [3.05, 3.63) is 40.8 Å². The van der Waals surface area contributed by atoms with Crippen LogP contribution in [0.5, 0.6) is 0 Å². The molecule has 2 N–H and O–H groups in total. The van der Waals surface area contributed by atoms with Gasteiger partial charge in [0.1, 0.15) is 0 Å². The van der Waals surface area contributed by atoms with Crippen molar-refractivity contribution in [3.63, 3.8) is 0 Å². The minimum absolute atomic E-state index is 0.202. The predicted octanol–water partition coefficient (Wildman–Crippen LogP) is 1.54. The second kappa shape index (κ2) is 7.72. The van der Waals surface area contributed by atoms with Crippen molar-refractivity contribution in [1.82, 2.24) is 14.6 Å². The highest BCUT2D eigenvalue weighted by atomic mass is 32.2. The molecule has 0 saturated carbocycles. The van der Waals surface area contributed by atoms with Gasteiger partial charge in [-0.15, -0.1) is 0 Å². The summed E-state index contributed by atoms with van der Waals surface area (Å²) in [5.74, 6) is 0. The van der Waals surface area contributed by atoms with Gasteiger partial charge >= 0.3 is 0 Å². The topological polar surface area (TPSA) is 82.3 Å². The molecule has 0 amide bonds. The number of hydrogen-bond acceptors (Lipinski definition) is 4. The summed E-state index contributed by atoms with van der Waals surface area (Å²) in [5.41, 5.74) is -0.276. The van der Waals surface area contributed by atoms with Crippen LogP contribution in [-0.2, 0) is 10.0 Å². The van der Waals surface area contributed by atoms with Crippen molar-refractivity contribution in [1.29, 1.82) is 0 Å². The Morgan fingerprint density at radius 2 is 1.83 bits per heavy atom. The van der Waals surface area contributed by atoms with Crippen LogP contribution in [0.25, 0.3) is 10.8 Å². The largest absolute Gasteiger partial charge is 0.329 e. The molecule has 1 fully saturated rings. The third-order valence-electron chi connectivity index (χ3n) is 3.69. The van der Waals surface area contributed by atoms with Gasteiger partial charge in [-0.3, -0.25) is 4.79 Å². The highest BCUT2D eigenvalue weighted by Crippen LogP contribution is 2.24. The Morgan fingerprint density at radius 1 is 1.04 bits per heavy atom. The lowest BCUT2D eigenvalue weighted by atomic mass is 10.2. The number of nitrogens with one attached hydrogen (secondary N) is 2. The van der Waals surface area contributed by atoms with Crippen LogP contribution in [-0.4, -0.2) is 43.9 Å². The molecule has 126 valence electrons. The molecule has 1 saturated heterocycles. The van der Waals surface area contributed by atoms with E-state index in [0.717, 1.165) is 13.0 Å². The zero-order valence-corrected chi connectivity index (χ0v) is 14.3. The van der Waals surface area contributed by atoms with E-state index in [0.29, 0.717) is 30.4 Å². The average molecular weight is 337 g/mol. The van der Waals surface area contributed by atoms with Gasteiger partial charge in [0.2, 0.25) is 10.0 Å². The molecule has 0 unspecified atom stereocenters. The Hall–Kier alpha value is -1.70. The minimum atomic E-state index is -3.59. The molecule has 1 aliphatic heterocycles. The quantitative estimate of drug-likeness (QED) is 0.871. The number of H-pyrrole nitrogens is 1. The van der Waals surface area contributed by atoms with Gasteiger partial charge in [0, 0.05) is 36.6 Å². The van der Waals surface area contributed by atoms with Crippen molar-refractivity contribution in [2.45, 2.75) is 25.2 Å². The lowest BCUT2D eigenvalue weighted by Gasteiger charge is -2.20. The van der Waals surface area contributed by atoms with Crippen LogP contribution >= 0.6 is 0 Å². The van der Waals surface area contributed by atoms with E-state index >= 15 is 0 Å². The van der Waals surface area contributed by atoms with Gasteiger partial charge in [-0.05, 0) is 31.2 Å². The summed E-state index contributed by atoms with van der Waals surface area (Å²) in [5, 5.41) is 4.05. The molecule has 0 radical (unpaired) electrons. The summed E-state index contributed by atoms with van der Waals surface area (Å²) in [6, 6.07) is 6.45. The molecule has 1 aromatic carbocycles. The Kier molecular flexibility index (Phi) is 5.92. The number of hydrogen-bond donors (Lipinski definition) is 2. The van der Waals surface area contributed by atoms with Crippen molar-refractivity contribution in [3.8, 4) is 0 Å². The van der Waals surface area contributed by atoms with Crippen LogP contribution in [0, 0.1) is 0 Å². The third-order valence-corrected chi connectivity index (χ3v) is 5.65. The number of sulfonamides is 1. The monoisotopic (exact) mass is 337 g/mol. The molecule has 0 bridgehead atoms. The van der Waals surface area contributed by atoms with Gasteiger partial charge in [-0.1, -0.05) is 19.9 Å². The zero-order valence-electron chi connectivity index (χ0n) is 13.5. The fraction of sp³-hybridized carbons (Fsp3) is 0.438. The Bertz CT molecular complexity index is 807. The second-order valence-electron chi connectivity index (χ2n) is 5.03. The van der Waals surface area contributed by atoms with Gasteiger partial charge in [0.05, 0.1) is 4.90 Å². The first kappa shape index (κ1) is 17.7. The number of fused-ring (bicyclic) bond motifs is 1. The van der Waals surface area contributed by atoms with E-state index in [9.17, 15) is 13.2 Å². The van der Waals surface area contributed by atoms with Crippen LogP contribution in [0.4, 0.5) is 0 Å². The molecule has 1 aliphatic rings. The fourth-order valence-corrected chi connectivity index (χ4v) is 4.30. The maximum atomic E-state index is 12.9. The summed E-state index contributed by atoms with van der Waals surface area (Å²) in [6.45, 7) is 6.41. The molecule has 23 heavy (non-hydrogen) atoms. The lowest BCUT2D eigenvalue weighted by Crippen LogP contribution is -2.34. The number of aromatic amines is 1. The molecule has 0 atom stereocenters. The maximum absolute atomic E-state index is 12.9. The molecule has 0 aliphatic carbocycles. The van der Waals surface area contributed by atoms with E-state index in [1.807, 2.05) is 13.8 Å². The van der Waals surface area contributed by atoms with Gasteiger partial charge < -0.3 is 10.3 Å². The summed E-state index contributed by atoms with van der Waals surface area (Å²) in [7, 11) is -3.59. The molecule has 3 rings (SSSR count). The molecule has 2 aromatic rings. The van der Waals surface area contributed by atoms with E-state index in [1.54, 1.807) is 24.3 Å². The van der Waals surface area contributed by atoms with E-state index in [2.05, 4.69) is 10.3 Å². The first-order valence-corrected chi connectivity index (χ1v) is 9.36. The summed E-state index contributed by atoms with van der Waals surface area (Å²) in [4.78, 5) is 14.6. The Labute approximate surface area is 136 Å². The predicted molar refractivity (Wildman–Crippen MR) is 92.2 cm³/mol. The van der Waals surface area contributed by atoms with Crippen LogP contribution < -0.4 is 10.9 Å². The van der Waals surface area contributed by atoms with E-state index < -0.39 is 10.0 Å². The van der Waals surface area contributed by atoms with Crippen LogP contribution in [0.15, 0.2) is 40.2 Å². The Balaban J connectivity index is 0.000000924. The van der Waals surface area contributed by atoms with E-state index in [4.69, 9.17) is 0 Å². The first-order chi connectivity index (χ1) is 11.1. The van der Waals surface area contributed by atoms with Gasteiger partial charge in [0.15, 0.2) is 0 Å². The summed E-state index contributed by atoms with van der Waals surface area (Å²) >= 11 is 0. The van der Waals surface area contributed by atoms with E-state index in [-0.39, 0.29) is 10.5 Å². The summed E-state index contributed by atoms with van der Waals surface area (Å²) in [6.07, 6.45) is 2.26. The number of rotatable bonds is 2. The highest BCUT2D eigenvalue weighted by Gasteiger charge is 2.26. The lowest BCUT2D eigenvalue weighted by molar-refractivity contribution is 0.432. The van der Waals surface area contributed by atoms with Gasteiger partial charge in [-0.25, -0.2) is 8.42 Å². The van der Waals surface area contributed by atoms with Crippen molar-refractivity contribution in [2.75, 3.05) is 26.2 Å². The average Bonchev–Trinajstić information content (AvgIpc) is 2.86. The summed E-state index contributed by atoms with van der Waals surface area (Å²) < 4.78 is 27.2. The van der Waals surface area contributed by atoms with Gasteiger partial charge in [-0.2, -0.15) is 4.31 Å². The fourth-order valence-electron chi connectivity index (χ4n) is 2.62. The molecular formula is C16H23N3O3S. The molecular weight excluding hydrogens is 314 g/mol. The van der Waals surface area contributed by atoms with Crippen LogP contribution in [0.3, 0.4) is 0 Å². The number of pyridine rings is 1. The Morgan fingerprint density at radius 3 is 2.61 bits per heavy atom. The number of nitrogens with zero attached hydrogens (tertiary/aromatic N) is 1. The van der Waals surface area contributed by atoms with Crippen molar-refractivity contribution < 1.29 is 8.42 Å². The van der Waals surface area contributed by atoms with Crippen molar-refractivity contribution in [2.24, 2.45) is 0 Å². The highest BCUT2D eigenvalue weighted by molar-refractivity contribution is 7.89. The molecule has 7 heteroatoms. The standard InChI is InChI=1S/C14H17N3O3S.C2H6/c18-14-12-3-1-4-13(11(12)5-7-16-14)21(19,20)17-9-2-6-15-8-10-17;1-2/h1,3-5,7,15H,2,6,8-10H2,(H,16,18);1-2H3. The molecule has 1 aromatic heterocycles. The third kappa shape index (κ3) is 3.63. The van der Waals surface area contributed by atoms with Crippen LogP contribution in [0.1, 0.15) is 20.3 Å². The van der Waals surface area contributed by atoms with Gasteiger partial charge in [0.25, 0.3) is 5.56 Å².